The number of hydrogen-bond acceptors (Lipinski definition) is 5. The van der Waals surface area contributed by atoms with Crippen LogP contribution in [0.15, 0.2) is 53.2 Å². The molecule has 0 atom stereocenters. The molecule has 7 heteroatoms. The van der Waals surface area contributed by atoms with Gasteiger partial charge in [-0.05, 0) is 29.3 Å². The van der Waals surface area contributed by atoms with Crippen molar-refractivity contribution in [2.24, 2.45) is 0 Å². The first-order chi connectivity index (χ1) is 11.2. The Hall–Kier alpha value is -2.73. The maximum absolute atomic E-state index is 12.0. The number of amides is 1. The standard InChI is InChI=1S/C16H13ClN4O2/c17-13-4-2-1-3-12(13)9-14-20-21-16(23-14)15(22)19-10-11-5-7-18-8-6-11/h1-8H,9-10H2,(H,19,22). The highest BCUT2D eigenvalue weighted by atomic mass is 35.5. The van der Waals surface area contributed by atoms with Crippen molar-refractivity contribution in [1.29, 1.82) is 0 Å². The highest BCUT2D eigenvalue weighted by molar-refractivity contribution is 6.31. The molecule has 0 spiro atoms. The number of halogens is 1. The van der Waals surface area contributed by atoms with Crippen LogP contribution in [0, 0.1) is 0 Å². The minimum absolute atomic E-state index is 0.0684. The van der Waals surface area contributed by atoms with Gasteiger partial charge in [-0.1, -0.05) is 29.8 Å². The SMILES string of the molecule is O=C(NCc1ccncc1)c1nnc(Cc2ccccc2Cl)o1. The van der Waals surface area contributed by atoms with Crippen LogP contribution in [-0.2, 0) is 13.0 Å². The normalized spacial score (nSPS) is 10.5. The van der Waals surface area contributed by atoms with E-state index in [-0.39, 0.29) is 5.89 Å². The first-order valence-electron chi connectivity index (χ1n) is 6.95. The topological polar surface area (TPSA) is 80.9 Å². The summed E-state index contributed by atoms with van der Waals surface area (Å²) in [6.45, 7) is 0.365. The summed E-state index contributed by atoms with van der Waals surface area (Å²) < 4.78 is 5.39. The second-order valence-corrected chi connectivity index (χ2v) is 5.21. The van der Waals surface area contributed by atoms with E-state index >= 15 is 0 Å². The number of carbonyl (C=O) groups excluding carboxylic acids is 1. The molecule has 2 aromatic heterocycles. The molecule has 6 nitrogen and oxygen atoms in total. The fraction of sp³-hybridized carbons (Fsp3) is 0.125. The minimum atomic E-state index is -0.417. The molecule has 0 unspecified atom stereocenters. The van der Waals surface area contributed by atoms with Crippen molar-refractivity contribution in [1.82, 2.24) is 20.5 Å². The highest BCUT2D eigenvalue weighted by Crippen LogP contribution is 2.18. The molecule has 0 saturated carbocycles. The van der Waals surface area contributed by atoms with Crippen molar-refractivity contribution >= 4 is 17.5 Å². The Balaban J connectivity index is 1.62. The van der Waals surface area contributed by atoms with Gasteiger partial charge < -0.3 is 9.73 Å². The maximum Gasteiger partial charge on any atom is 0.309 e. The molecule has 0 radical (unpaired) electrons. The van der Waals surface area contributed by atoms with Crippen LogP contribution in [0.25, 0.3) is 0 Å². The summed E-state index contributed by atoms with van der Waals surface area (Å²) >= 11 is 6.09. The Morgan fingerprint density at radius 2 is 1.91 bits per heavy atom. The zero-order valence-corrected chi connectivity index (χ0v) is 12.8. The average molecular weight is 329 g/mol. The third-order valence-electron chi connectivity index (χ3n) is 3.16. The number of pyridine rings is 1. The molecule has 0 fully saturated rings. The summed E-state index contributed by atoms with van der Waals surface area (Å²) in [6, 6.07) is 11.0. The van der Waals surface area contributed by atoms with Crippen molar-refractivity contribution < 1.29 is 9.21 Å². The second kappa shape index (κ2) is 7.02. The van der Waals surface area contributed by atoms with Gasteiger partial charge in [0, 0.05) is 24.0 Å². The molecule has 0 aliphatic rings. The van der Waals surface area contributed by atoms with E-state index in [1.54, 1.807) is 18.5 Å². The van der Waals surface area contributed by atoms with Crippen LogP contribution in [0.1, 0.15) is 27.7 Å². The molecule has 116 valence electrons. The predicted molar refractivity (Wildman–Crippen MR) is 84.0 cm³/mol. The number of nitrogens with zero attached hydrogens (tertiary/aromatic N) is 3. The van der Waals surface area contributed by atoms with Crippen LogP contribution < -0.4 is 5.32 Å². The summed E-state index contributed by atoms with van der Waals surface area (Å²) in [5.41, 5.74) is 1.80. The van der Waals surface area contributed by atoms with Crippen LogP contribution in [-0.4, -0.2) is 21.1 Å². The molecule has 0 saturated heterocycles. The van der Waals surface area contributed by atoms with E-state index in [1.807, 2.05) is 30.3 Å². The summed E-state index contributed by atoms with van der Waals surface area (Å²) in [7, 11) is 0. The van der Waals surface area contributed by atoms with Crippen molar-refractivity contribution in [3.05, 3.63) is 76.7 Å². The first-order valence-corrected chi connectivity index (χ1v) is 7.33. The highest BCUT2D eigenvalue weighted by Gasteiger charge is 2.15. The van der Waals surface area contributed by atoms with E-state index in [9.17, 15) is 4.79 Å². The van der Waals surface area contributed by atoms with Crippen molar-refractivity contribution in [2.75, 3.05) is 0 Å². The van der Waals surface area contributed by atoms with Gasteiger partial charge in [0.15, 0.2) is 0 Å². The summed E-state index contributed by atoms with van der Waals surface area (Å²) in [5, 5.41) is 11.0. The number of hydrogen-bond donors (Lipinski definition) is 1. The monoisotopic (exact) mass is 328 g/mol. The van der Waals surface area contributed by atoms with Gasteiger partial charge in [0.1, 0.15) is 0 Å². The molecule has 23 heavy (non-hydrogen) atoms. The quantitative estimate of drug-likeness (QED) is 0.778. The number of carbonyl (C=O) groups is 1. The van der Waals surface area contributed by atoms with Gasteiger partial charge in [-0.3, -0.25) is 9.78 Å². The van der Waals surface area contributed by atoms with Gasteiger partial charge in [0.05, 0.1) is 6.42 Å². The zero-order valence-electron chi connectivity index (χ0n) is 12.1. The van der Waals surface area contributed by atoms with Crippen LogP contribution in [0.4, 0.5) is 0 Å². The first kappa shape index (κ1) is 15.2. The van der Waals surface area contributed by atoms with Gasteiger partial charge in [0.2, 0.25) is 5.89 Å². The van der Waals surface area contributed by atoms with Crippen molar-refractivity contribution in [2.45, 2.75) is 13.0 Å². The molecule has 1 amide bonds. The Labute approximate surface area is 137 Å². The smallest absolute Gasteiger partial charge is 0.309 e. The molecular weight excluding hydrogens is 316 g/mol. The predicted octanol–water partition coefficient (Wildman–Crippen LogP) is 2.64. The minimum Gasteiger partial charge on any atom is -0.417 e. The van der Waals surface area contributed by atoms with Crippen LogP contribution in [0.2, 0.25) is 5.02 Å². The Bertz CT molecular complexity index is 805. The molecule has 1 aromatic carbocycles. The van der Waals surface area contributed by atoms with Gasteiger partial charge >= 0.3 is 11.8 Å². The second-order valence-electron chi connectivity index (χ2n) is 4.81. The largest absolute Gasteiger partial charge is 0.417 e. The molecule has 3 rings (SSSR count). The van der Waals surface area contributed by atoms with E-state index in [0.29, 0.717) is 23.9 Å². The van der Waals surface area contributed by atoms with E-state index in [4.69, 9.17) is 16.0 Å². The molecule has 2 heterocycles. The lowest BCUT2D eigenvalue weighted by molar-refractivity contribution is 0.0914. The van der Waals surface area contributed by atoms with Crippen LogP contribution >= 0.6 is 11.6 Å². The van der Waals surface area contributed by atoms with Gasteiger partial charge in [0.25, 0.3) is 0 Å². The summed E-state index contributed by atoms with van der Waals surface area (Å²) in [6.07, 6.45) is 3.70. The third kappa shape index (κ3) is 3.92. The van der Waals surface area contributed by atoms with Crippen molar-refractivity contribution in [3.63, 3.8) is 0 Å². The van der Waals surface area contributed by atoms with E-state index in [2.05, 4.69) is 20.5 Å². The average Bonchev–Trinajstić information content (AvgIpc) is 3.04. The summed E-state index contributed by atoms with van der Waals surface area (Å²) in [4.78, 5) is 15.9. The fourth-order valence-electron chi connectivity index (χ4n) is 1.98. The summed E-state index contributed by atoms with van der Waals surface area (Å²) in [5.74, 6) is -0.145. The van der Waals surface area contributed by atoms with Crippen molar-refractivity contribution in [3.8, 4) is 0 Å². The molecular formula is C16H13ClN4O2. The molecule has 0 aliphatic heterocycles. The lowest BCUT2D eigenvalue weighted by Gasteiger charge is -2.01. The molecule has 0 bridgehead atoms. The Morgan fingerprint density at radius 1 is 1.13 bits per heavy atom. The fourth-order valence-corrected chi connectivity index (χ4v) is 2.18. The number of aromatic nitrogens is 3. The number of nitrogens with one attached hydrogen (secondary N) is 1. The molecule has 1 N–H and O–H groups in total. The van der Waals surface area contributed by atoms with Crippen LogP contribution in [0.3, 0.4) is 0 Å². The third-order valence-corrected chi connectivity index (χ3v) is 3.53. The Morgan fingerprint density at radius 3 is 2.70 bits per heavy atom. The number of rotatable bonds is 5. The van der Waals surface area contributed by atoms with Gasteiger partial charge in [-0.2, -0.15) is 0 Å². The number of benzene rings is 1. The van der Waals surface area contributed by atoms with Crippen LogP contribution in [0.5, 0.6) is 0 Å². The van der Waals surface area contributed by atoms with E-state index in [1.165, 1.54) is 0 Å². The lowest BCUT2D eigenvalue weighted by Crippen LogP contribution is -2.23. The van der Waals surface area contributed by atoms with E-state index in [0.717, 1.165) is 11.1 Å². The lowest BCUT2D eigenvalue weighted by atomic mass is 10.1. The zero-order chi connectivity index (χ0) is 16.1. The van der Waals surface area contributed by atoms with Gasteiger partial charge in [-0.25, -0.2) is 0 Å². The molecule has 0 aliphatic carbocycles. The maximum atomic E-state index is 12.0. The van der Waals surface area contributed by atoms with E-state index < -0.39 is 5.91 Å². The van der Waals surface area contributed by atoms with Gasteiger partial charge in [-0.15, -0.1) is 10.2 Å². The Kier molecular flexibility index (Phi) is 4.63. The molecule has 3 aromatic rings.